The molecule has 18 heavy (non-hydrogen) atoms. The Morgan fingerprint density at radius 3 is 1.78 bits per heavy atom. The zero-order valence-electron chi connectivity index (χ0n) is 11.5. The molecule has 3 heteroatoms. The van der Waals surface area contributed by atoms with Crippen molar-refractivity contribution in [2.75, 3.05) is 0 Å². The molecule has 0 aliphatic heterocycles. The SMILES string of the molecule is CC(C)c1ccccn1.CC(C)c1cccnn1. The van der Waals surface area contributed by atoms with Gasteiger partial charge in [-0.2, -0.15) is 10.2 Å². The molecule has 0 aromatic carbocycles. The maximum atomic E-state index is 4.18. The van der Waals surface area contributed by atoms with Crippen LogP contribution in [0.4, 0.5) is 0 Å². The molecule has 0 aliphatic rings. The first-order valence-electron chi connectivity index (χ1n) is 6.29. The molecular weight excluding hydrogens is 222 g/mol. The number of hydrogen-bond acceptors (Lipinski definition) is 3. The molecule has 96 valence electrons. The first kappa shape index (κ1) is 14.3. The van der Waals surface area contributed by atoms with E-state index in [1.807, 2.05) is 36.5 Å². The van der Waals surface area contributed by atoms with Crippen LogP contribution in [0.5, 0.6) is 0 Å². The van der Waals surface area contributed by atoms with Gasteiger partial charge in [-0.05, 0) is 36.1 Å². The summed E-state index contributed by atoms with van der Waals surface area (Å²) in [6.07, 6.45) is 3.52. The quantitative estimate of drug-likeness (QED) is 0.805. The van der Waals surface area contributed by atoms with Crippen molar-refractivity contribution in [3.8, 4) is 0 Å². The van der Waals surface area contributed by atoms with Gasteiger partial charge >= 0.3 is 0 Å². The molecule has 0 fully saturated rings. The van der Waals surface area contributed by atoms with E-state index in [1.54, 1.807) is 6.20 Å². The summed E-state index contributed by atoms with van der Waals surface area (Å²) >= 11 is 0. The smallest absolute Gasteiger partial charge is 0.0656 e. The van der Waals surface area contributed by atoms with E-state index < -0.39 is 0 Å². The fourth-order valence-corrected chi connectivity index (χ4v) is 1.34. The Bertz CT molecular complexity index is 381. The summed E-state index contributed by atoms with van der Waals surface area (Å²) in [6.45, 7) is 8.48. The van der Waals surface area contributed by atoms with Crippen LogP contribution in [0.15, 0.2) is 42.7 Å². The Balaban J connectivity index is 0.000000180. The van der Waals surface area contributed by atoms with Gasteiger partial charge in [0, 0.05) is 18.1 Å². The summed E-state index contributed by atoms with van der Waals surface area (Å²) in [5.41, 5.74) is 2.22. The van der Waals surface area contributed by atoms with Crippen LogP contribution in [0.2, 0.25) is 0 Å². The third-order valence-electron chi connectivity index (χ3n) is 2.46. The van der Waals surface area contributed by atoms with Gasteiger partial charge < -0.3 is 0 Å². The van der Waals surface area contributed by atoms with E-state index in [0.717, 1.165) is 11.4 Å². The Morgan fingerprint density at radius 2 is 1.44 bits per heavy atom. The maximum Gasteiger partial charge on any atom is 0.0656 e. The average Bonchev–Trinajstić information content (AvgIpc) is 2.41. The number of nitrogens with zero attached hydrogens (tertiary/aromatic N) is 3. The van der Waals surface area contributed by atoms with Crippen LogP contribution < -0.4 is 0 Å². The van der Waals surface area contributed by atoms with E-state index in [-0.39, 0.29) is 0 Å². The van der Waals surface area contributed by atoms with Gasteiger partial charge in [-0.1, -0.05) is 33.8 Å². The normalized spacial score (nSPS) is 10.1. The fraction of sp³-hybridized carbons (Fsp3) is 0.400. The first-order chi connectivity index (χ1) is 8.61. The Morgan fingerprint density at radius 1 is 0.778 bits per heavy atom. The molecule has 2 aromatic heterocycles. The van der Waals surface area contributed by atoms with E-state index >= 15 is 0 Å². The van der Waals surface area contributed by atoms with Crippen molar-refractivity contribution in [3.63, 3.8) is 0 Å². The minimum Gasteiger partial charge on any atom is -0.261 e. The lowest BCUT2D eigenvalue weighted by atomic mass is 10.1. The Labute approximate surface area is 109 Å². The van der Waals surface area contributed by atoms with Gasteiger partial charge in [0.2, 0.25) is 0 Å². The summed E-state index contributed by atoms with van der Waals surface area (Å²) in [4.78, 5) is 4.18. The minimum atomic E-state index is 0.485. The molecule has 0 atom stereocenters. The Kier molecular flexibility index (Phi) is 5.98. The van der Waals surface area contributed by atoms with E-state index in [1.165, 1.54) is 0 Å². The van der Waals surface area contributed by atoms with Crippen LogP contribution in [-0.4, -0.2) is 15.2 Å². The number of aromatic nitrogens is 3. The van der Waals surface area contributed by atoms with E-state index in [4.69, 9.17) is 0 Å². The van der Waals surface area contributed by atoms with Gasteiger partial charge in [0.05, 0.1) is 5.69 Å². The lowest BCUT2D eigenvalue weighted by Crippen LogP contribution is -1.92. The minimum absolute atomic E-state index is 0.485. The topological polar surface area (TPSA) is 38.7 Å². The van der Waals surface area contributed by atoms with Gasteiger partial charge in [-0.25, -0.2) is 0 Å². The number of hydrogen-bond donors (Lipinski definition) is 0. The molecule has 0 N–H and O–H groups in total. The zero-order valence-corrected chi connectivity index (χ0v) is 11.5. The highest BCUT2D eigenvalue weighted by Crippen LogP contribution is 2.08. The number of rotatable bonds is 2. The summed E-state index contributed by atoms with van der Waals surface area (Å²) in [5.74, 6) is 1.03. The predicted molar refractivity (Wildman–Crippen MR) is 74.4 cm³/mol. The molecule has 0 spiro atoms. The van der Waals surface area contributed by atoms with Crippen LogP contribution in [0.1, 0.15) is 50.9 Å². The van der Waals surface area contributed by atoms with Crippen LogP contribution in [-0.2, 0) is 0 Å². The standard InChI is InChI=1S/C8H11N.C7H10N2/c1-7(2)8-5-3-4-6-9-8;1-6(2)7-4-3-5-8-9-7/h3-7H,1-2H3;3-6H,1-2H3. The van der Waals surface area contributed by atoms with Gasteiger partial charge in [0.1, 0.15) is 0 Å². The van der Waals surface area contributed by atoms with Gasteiger partial charge in [-0.3, -0.25) is 4.98 Å². The van der Waals surface area contributed by atoms with Crippen LogP contribution >= 0.6 is 0 Å². The van der Waals surface area contributed by atoms with Crippen LogP contribution in [0.25, 0.3) is 0 Å². The summed E-state index contributed by atoms with van der Waals surface area (Å²) < 4.78 is 0. The summed E-state index contributed by atoms with van der Waals surface area (Å²) in [5, 5.41) is 7.68. The molecule has 2 rings (SSSR count). The van der Waals surface area contributed by atoms with Crippen LogP contribution in [0.3, 0.4) is 0 Å². The third kappa shape index (κ3) is 5.04. The monoisotopic (exact) mass is 243 g/mol. The lowest BCUT2D eigenvalue weighted by molar-refractivity contribution is 0.785. The molecule has 0 amide bonds. The maximum absolute atomic E-state index is 4.18. The van der Waals surface area contributed by atoms with Crippen molar-refractivity contribution in [1.29, 1.82) is 0 Å². The van der Waals surface area contributed by atoms with Gasteiger partial charge in [-0.15, -0.1) is 0 Å². The first-order valence-corrected chi connectivity index (χ1v) is 6.29. The fourth-order valence-electron chi connectivity index (χ4n) is 1.34. The van der Waals surface area contributed by atoms with Crippen molar-refractivity contribution < 1.29 is 0 Å². The molecule has 2 heterocycles. The van der Waals surface area contributed by atoms with Gasteiger partial charge in [0.15, 0.2) is 0 Å². The van der Waals surface area contributed by atoms with E-state index in [0.29, 0.717) is 11.8 Å². The molecule has 0 radical (unpaired) electrons. The van der Waals surface area contributed by atoms with Gasteiger partial charge in [0.25, 0.3) is 0 Å². The largest absolute Gasteiger partial charge is 0.261 e. The van der Waals surface area contributed by atoms with E-state index in [2.05, 4.69) is 42.9 Å². The molecule has 0 saturated heterocycles. The van der Waals surface area contributed by atoms with Crippen molar-refractivity contribution in [2.45, 2.75) is 39.5 Å². The second-order valence-electron chi connectivity index (χ2n) is 4.71. The lowest BCUT2D eigenvalue weighted by Gasteiger charge is -2.00. The number of pyridine rings is 1. The second-order valence-corrected chi connectivity index (χ2v) is 4.71. The molecule has 0 unspecified atom stereocenters. The molecule has 3 nitrogen and oxygen atoms in total. The zero-order chi connectivity index (χ0) is 13.4. The van der Waals surface area contributed by atoms with Crippen LogP contribution in [0, 0.1) is 0 Å². The highest BCUT2D eigenvalue weighted by atomic mass is 15.1. The van der Waals surface area contributed by atoms with Crippen molar-refractivity contribution in [3.05, 3.63) is 54.1 Å². The average molecular weight is 243 g/mol. The van der Waals surface area contributed by atoms with Crippen molar-refractivity contribution in [1.82, 2.24) is 15.2 Å². The summed E-state index contributed by atoms with van der Waals surface area (Å²) in [6, 6.07) is 9.89. The molecule has 0 saturated carbocycles. The molecular formula is C15H21N3. The highest BCUT2D eigenvalue weighted by molar-refractivity contribution is 5.06. The Hall–Kier alpha value is -1.77. The third-order valence-corrected chi connectivity index (χ3v) is 2.46. The molecule has 2 aromatic rings. The van der Waals surface area contributed by atoms with E-state index in [9.17, 15) is 0 Å². The molecule has 0 bridgehead atoms. The highest BCUT2D eigenvalue weighted by Gasteiger charge is 1.96. The predicted octanol–water partition coefficient (Wildman–Crippen LogP) is 3.81. The second kappa shape index (κ2) is 7.54. The summed E-state index contributed by atoms with van der Waals surface area (Å²) in [7, 11) is 0. The van der Waals surface area contributed by atoms with Crippen molar-refractivity contribution in [2.24, 2.45) is 0 Å². The van der Waals surface area contributed by atoms with Crippen molar-refractivity contribution >= 4 is 0 Å². The molecule has 0 aliphatic carbocycles.